The summed E-state index contributed by atoms with van der Waals surface area (Å²) in [6, 6.07) is 27.2. The average Bonchev–Trinajstić information content (AvgIpc) is 3.36. The summed E-state index contributed by atoms with van der Waals surface area (Å²) < 4.78 is 0. The topological polar surface area (TPSA) is 88.7 Å². The van der Waals surface area contributed by atoms with Crippen LogP contribution >= 0.6 is 0 Å². The Morgan fingerprint density at radius 2 is 1.55 bits per heavy atom. The number of benzene rings is 3. The van der Waals surface area contributed by atoms with Crippen molar-refractivity contribution in [3.8, 4) is 0 Å². The number of likely N-dealkylation sites (N-methyl/N-ethyl adjacent to an activating group) is 2. The van der Waals surface area contributed by atoms with Crippen LogP contribution in [0.5, 0.6) is 0 Å². The highest BCUT2D eigenvalue weighted by molar-refractivity contribution is 5.89. The third-order valence-corrected chi connectivity index (χ3v) is 6.96. The molecule has 4 aromatic rings. The third kappa shape index (κ3) is 6.68. The van der Waals surface area contributed by atoms with Gasteiger partial charge < -0.3 is 15.0 Å². The number of carboxylic acids is 1. The number of rotatable bonds is 13. The Balaban J connectivity index is 1.48. The first-order chi connectivity index (χ1) is 18.5. The number of aromatic amines is 1. The van der Waals surface area contributed by atoms with Crippen molar-refractivity contribution in [1.29, 1.82) is 0 Å². The smallest absolute Gasteiger partial charge is 0.311 e. The first-order valence-corrected chi connectivity index (χ1v) is 13.1. The molecule has 3 N–H and O–H groups in total. The van der Waals surface area contributed by atoms with Crippen molar-refractivity contribution >= 4 is 22.8 Å². The molecule has 0 bridgehead atoms. The quantitative estimate of drug-likeness (QED) is 0.224. The lowest BCUT2D eigenvalue weighted by Gasteiger charge is -2.33. The van der Waals surface area contributed by atoms with Crippen LogP contribution in [-0.2, 0) is 22.6 Å². The number of aliphatic carboxylic acids is 1. The lowest BCUT2D eigenvalue weighted by molar-refractivity contribution is -0.140. The maximum absolute atomic E-state index is 13.7. The number of nitrogens with one attached hydrogen (secondary N) is 2. The van der Waals surface area contributed by atoms with Crippen LogP contribution in [0.4, 0.5) is 0 Å². The second-order valence-electron chi connectivity index (χ2n) is 9.55. The fraction of sp³-hybridized carbons (Fsp3) is 0.290. The maximum Gasteiger partial charge on any atom is 0.311 e. The number of hydrogen-bond acceptors (Lipinski definition) is 4. The molecule has 3 aromatic carbocycles. The second kappa shape index (κ2) is 13.0. The summed E-state index contributed by atoms with van der Waals surface area (Å²) in [7, 11) is 1.83. The van der Waals surface area contributed by atoms with Crippen LogP contribution in [0.2, 0.25) is 0 Å². The van der Waals surface area contributed by atoms with Gasteiger partial charge in [0.25, 0.3) is 0 Å². The predicted molar refractivity (Wildman–Crippen MR) is 151 cm³/mol. The number of hydrogen-bond donors (Lipinski definition) is 3. The summed E-state index contributed by atoms with van der Waals surface area (Å²) >= 11 is 0. The van der Waals surface area contributed by atoms with E-state index in [1.165, 1.54) is 0 Å². The van der Waals surface area contributed by atoms with Crippen molar-refractivity contribution in [2.45, 2.75) is 38.3 Å². The van der Waals surface area contributed by atoms with E-state index in [9.17, 15) is 14.7 Å². The minimum absolute atomic E-state index is 0.0125. The molecular formula is C31H36N4O3. The minimum Gasteiger partial charge on any atom is -0.481 e. The van der Waals surface area contributed by atoms with E-state index in [1.54, 1.807) is 11.1 Å². The van der Waals surface area contributed by atoms with Crippen LogP contribution in [0, 0.1) is 0 Å². The number of carbonyl (C=O) groups excluding carboxylic acids is 1. The summed E-state index contributed by atoms with van der Waals surface area (Å²) in [5.74, 6) is -1.51. The Hall–Kier alpha value is -3.94. The van der Waals surface area contributed by atoms with Crippen LogP contribution < -0.4 is 5.43 Å². The molecule has 1 heterocycles. The van der Waals surface area contributed by atoms with Gasteiger partial charge in [-0.25, -0.2) is 5.01 Å². The zero-order chi connectivity index (χ0) is 26.9. The van der Waals surface area contributed by atoms with Crippen LogP contribution in [0.25, 0.3) is 10.9 Å². The summed E-state index contributed by atoms with van der Waals surface area (Å²) in [5.41, 5.74) is 7.24. The molecule has 4 rings (SSSR count). The lowest BCUT2D eigenvalue weighted by Crippen LogP contribution is -2.54. The van der Waals surface area contributed by atoms with Gasteiger partial charge in [0.2, 0.25) is 5.91 Å². The van der Waals surface area contributed by atoms with Gasteiger partial charge in [0.15, 0.2) is 0 Å². The molecule has 0 aliphatic rings. The van der Waals surface area contributed by atoms with Gasteiger partial charge >= 0.3 is 5.97 Å². The number of nitrogens with zero attached hydrogens (tertiary/aromatic N) is 2. The fourth-order valence-electron chi connectivity index (χ4n) is 4.95. The Kier molecular flexibility index (Phi) is 9.30. The van der Waals surface area contributed by atoms with Gasteiger partial charge in [-0.2, -0.15) is 0 Å². The molecular weight excluding hydrogens is 476 g/mol. The number of aromatic nitrogens is 1. The van der Waals surface area contributed by atoms with Crippen LogP contribution in [0.1, 0.15) is 36.0 Å². The van der Waals surface area contributed by atoms with Crippen molar-refractivity contribution in [3.05, 3.63) is 108 Å². The molecule has 0 aliphatic heterocycles. The zero-order valence-corrected chi connectivity index (χ0v) is 22.0. The van der Waals surface area contributed by atoms with Gasteiger partial charge in [-0.3, -0.25) is 15.0 Å². The number of hydrazine groups is 1. The predicted octanol–water partition coefficient (Wildman–Crippen LogP) is 4.82. The molecule has 38 heavy (non-hydrogen) atoms. The molecule has 0 saturated heterocycles. The van der Waals surface area contributed by atoms with E-state index in [2.05, 4.69) is 10.4 Å². The summed E-state index contributed by atoms with van der Waals surface area (Å²) in [6.07, 6.45) is 2.73. The molecule has 0 radical (unpaired) electrons. The standard InChI is InChI=1S/C31H36N4O3/c1-3-35(33-19-18-26(31(37)38)27-21-32-28-17-11-10-16-25(27)28)29(20-23-12-6-4-7-13-23)30(36)34(2)22-24-14-8-5-9-15-24/h4-17,21,26,29,32-33H,3,18-20,22H2,1-2H3,(H,37,38)/t26?,29-/m0/s1. The summed E-state index contributed by atoms with van der Waals surface area (Å²) in [5, 5.41) is 12.9. The van der Waals surface area contributed by atoms with E-state index in [4.69, 9.17) is 0 Å². The number of H-pyrrole nitrogens is 1. The fourth-order valence-corrected chi connectivity index (χ4v) is 4.95. The first kappa shape index (κ1) is 27.1. The van der Waals surface area contributed by atoms with Crippen LogP contribution in [-0.4, -0.2) is 58.1 Å². The highest BCUT2D eigenvalue weighted by Gasteiger charge is 2.29. The van der Waals surface area contributed by atoms with E-state index < -0.39 is 17.9 Å². The highest BCUT2D eigenvalue weighted by atomic mass is 16.4. The Morgan fingerprint density at radius 3 is 2.21 bits per heavy atom. The Labute approximate surface area is 224 Å². The summed E-state index contributed by atoms with van der Waals surface area (Å²) in [4.78, 5) is 30.9. The molecule has 7 heteroatoms. The van der Waals surface area contributed by atoms with E-state index in [-0.39, 0.29) is 5.91 Å². The van der Waals surface area contributed by atoms with Gasteiger partial charge in [-0.15, -0.1) is 0 Å². The molecule has 2 atom stereocenters. The van der Waals surface area contributed by atoms with E-state index >= 15 is 0 Å². The van der Waals surface area contributed by atoms with Crippen molar-refractivity contribution in [3.63, 3.8) is 0 Å². The molecule has 198 valence electrons. The van der Waals surface area contributed by atoms with Crippen molar-refractivity contribution in [2.24, 2.45) is 0 Å². The SMILES string of the molecule is CCN(NCCC(C(=O)O)c1c[nH]c2ccccc12)[C@@H](Cc1ccccc1)C(=O)N(C)Cc1ccccc1. The van der Waals surface area contributed by atoms with Gasteiger partial charge in [0.1, 0.15) is 6.04 Å². The van der Waals surface area contributed by atoms with Crippen LogP contribution in [0.3, 0.4) is 0 Å². The number of fused-ring (bicyclic) bond motifs is 1. The molecule has 1 aromatic heterocycles. The largest absolute Gasteiger partial charge is 0.481 e. The van der Waals surface area contributed by atoms with E-state index in [1.807, 2.05) is 104 Å². The average molecular weight is 513 g/mol. The molecule has 0 fully saturated rings. The number of carboxylic acid groups (broad SMARTS) is 1. The molecule has 0 aliphatic carbocycles. The number of amides is 1. The molecule has 1 amide bonds. The minimum atomic E-state index is -0.862. The van der Waals surface area contributed by atoms with Crippen molar-refractivity contribution in [1.82, 2.24) is 20.3 Å². The van der Waals surface area contributed by atoms with Gasteiger partial charge in [0.05, 0.1) is 5.92 Å². The van der Waals surface area contributed by atoms with Crippen molar-refractivity contribution in [2.75, 3.05) is 20.1 Å². The van der Waals surface area contributed by atoms with E-state index in [0.717, 1.165) is 27.6 Å². The molecule has 0 spiro atoms. The highest BCUT2D eigenvalue weighted by Crippen LogP contribution is 2.28. The Bertz CT molecular complexity index is 1320. The summed E-state index contributed by atoms with van der Waals surface area (Å²) in [6.45, 7) is 3.53. The van der Waals surface area contributed by atoms with Gasteiger partial charge in [-0.1, -0.05) is 85.8 Å². The number of para-hydroxylation sites is 1. The Morgan fingerprint density at radius 1 is 0.921 bits per heavy atom. The monoisotopic (exact) mass is 512 g/mol. The third-order valence-electron chi connectivity index (χ3n) is 6.96. The van der Waals surface area contributed by atoms with Gasteiger partial charge in [0, 0.05) is 43.8 Å². The van der Waals surface area contributed by atoms with Crippen molar-refractivity contribution < 1.29 is 14.7 Å². The van der Waals surface area contributed by atoms with E-state index in [0.29, 0.717) is 32.5 Å². The zero-order valence-electron chi connectivity index (χ0n) is 22.0. The first-order valence-electron chi connectivity index (χ1n) is 13.1. The lowest BCUT2D eigenvalue weighted by atomic mass is 9.95. The second-order valence-corrected chi connectivity index (χ2v) is 9.55. The maximum atomic E-state index is 13.7. The van der Waals surface area contributed by atoms with Gasteiger partial charge in [-0.05, 0) is 35.6 Å². The normalized spacial score (nSPS) is 12.9. The molecule has 1 unspecified atom stereocenters. The van der Waals surface area contributed by atoms with Crippen LogP contribution in [0.15, 0.2) is 91.1 Å². The molecule has 0 saturated carbocycles. The molecule has 7 nitrogen and oxygen atoms in total. The number of carbonyl (C=O) groups is 2.